The van der Waals surface area contributed by atoms with Crippen molar-refractivity contribution in [2.24, 2.45) is 0 Å². The van der Waals surface area contributed by atoms with Gasteiger partial charge in [0, 0.05) is 11.1 Å². The highest BCUT2D eigenvalue weighted by atomic mass is 32.2. The fourth-order valence-electron chi connectivity index (χ4n) is 3.75. The first kappa shape index (κ1) is 23.1. The van der Waals surface area contributed by atoms with Crippen molar-refractivity contribution in [2.45, 2.75) is 23.8 Å². The highest BCUT2D eigenvalue weighted by Crippen LogP contribution is 2.35. The van der Waals surface area contributed by atoms with Crippen LogP contribution in [-0.4, -0.2) is 33.2 Å². The number of nitrogens with one attached hydrogen (secondary N) is 2. The molecule has 2 N–H and O–H groups in total. The lowest BCUT2D eigenvalue weighted by atomic mass is 10.1. The van der Waals surface area contributed by atoms with Crippen LogP contribution in [0, 0.1) is 0 Å². The minimum atomic E-state index is -0.324. The van der Waals surface area contributed by atoms with E-state index in [1.165, 1.54) is 23.1 Å². The van der Waals surface area contributed by atoms with E-state index in [0.717, 1.165) is 38.5 Å². The number of H-pyrrole nitrogens is 1. The van der Waals surface area contributed by atoms with Crippen LogP contribution in [0.2, 0.25) is 0 Å². The molecule has 5 aromatic rings. The van der Waals surface area contributed by atoms with Gasteiger partial charge < -0.3 is 15.0 Å². The van der Waals surface area contributed by atoms with Gasteiger partial charge in [0.1, 0.15) is 5.75 Å². The molecule has 0 fully saturated rings. The van der Waals surface area contributed by atoms with Crippen molar-refractivity contribution >= 4 is 44.4 Å². The molecule has 8 heteroatoms. The van der Waals surface area contributed by atoms with Crippen LogP contribution in [0.5, 0.6) is 5.75 Å². The summed E-state index contributed by atoms with van der Waals surface area (Å²) in [6.45, 7) is 2.00. The van der Waals surface area contributed by atoms with Crippen LogP contribution < -0.4 is 10.1 Å². The number of aromatic nitrogens is 3. The van der Waals surface area contributed by atoms with E-state index in [9.17, 15) is 4.79 Å². The van der Waals surface area contributed by atoms with Crippen molar-refractivity contribution in [3.05, 3.63) is 78.9 Å². The van der Waals surface area contributed by atoms with Crippen molar-refractivity contribution < 1.29 is 9.53 Å². The summed E-state index contributed by atoms with van der Waals surface area (Å²) in [6.07, 6.45) is 0.650. The number of fused-ring (bicyclic) bond motifs is 1. The fourth-order valence-corrected chi connectivity index (χ4v) is 5.56. The second kappa shape index (κ2) is 10.3. The molecule has 0 saturated carbocycles. The van der Waals surface area contributed by atoms with Gasteiger partial charge in [0.2, 0.25) is 5.91 Å². The van der Waals surface area contributed by atoms with E-state index < -0.39 is 0 Å². The summed E-state index contributed by atoms with van der Waals surface area (Å²) in [6, 6.07) is 25.9. The number of carbonyl (C=O) groups is 1. The molecule has 5 rings (SSSR count). The second-order valence-corrected chi connectivity index (χ2v) is 10.1. The smallest absolute Gasteiger partial charge is 0.239 e. The lowest BCUT2D eigenvalue weighted by Gasteiger charge is -2.11. The Morgan fingerprint density at radius 2 is 1.74 bits per heavy atom. The summed E-state index contributed by atoms with van der Waals surface area (Å²) in [7, 11) is 1.63. The topological polar surface area (TPSA) is 79.9 Å². The molecule has 0 radical (unpaired) electrons. The van der Waals surface area contributed by atoms with Gasteiger partial charge in [-0.1, -0.05) is 90.7 Å². The molecule has 1 atom stereocenters. The van der Waals surface area contributed by atoms with Gasteiger partial charge in [0.25, 0.3) is 0 Å². The Morgan fingerprint density at radius 3 is 2.43 bits per heavy atom. The third-order valence-corrected chi connectivity index (χ3v) is 7.72. The number of nitrogens with zero attached hydrogens (tertiary/aromatic N) is 2. The van der Waals surface area contributed by atoms with Crippen LogP contribution in [-0.2, 0) is 4.79 Å². The molecule has 6 nitrogen and oxygen atoms in total. The molecule has 0 aliphatic carbocycles. The monoisotopic (exact) mass is 500 g/mol. The van der Waals surface area contributed by atoms with Crippen molar-refractivity contribution in [3.63, 3.8) is 0 Å². The molecule has 35 heavy (non-hydrogen) atoms. The first-order valence-corrected chi connectivity index (χ1v) is 13.0. The SMILES string of the molecule is CCC(Sc1nc(-c2ccccc2)c(-c2ccccc2)[nH]1)C(=O)Nc1nc2ccc(OC)cc2s1. The highest BCUT2D eigenvalue weighted by molar-refractivity contribution is 8.00. The molecule has 1 unspecified atom stereocenters. The maximum atomic E-state index is 13.1. The Bertz CT molecular complexity index is 1390. The predicted molar refractivity (Wildman–Crippen MR) is 144 cm³/mol. The lowest BCUT2D eigenvalue weighted by Crippen LogP contribution is -2.24. The normalized spacial score (nSPS) is 11.9. The van der Waals surface area contributed by atoms with Gasteiger partial charge in [-0.15, -0.1) is 0 Å². The number of carbonyl (C=O) groups excluding carboxylic acids is 1. The van der Waals surface area contributed by atoms with Crippen LogP contribution in [0.4, 0.5) is 5.13 Å². The van der Waals surface area contributed by atoms with Gasteiger partial charge in [0.15, 0.2) is 10.3 Å². The Hall–Kier alpha value is -3.62. The van der Waals surface area contributed by atoms with Gasteiger partial charge >= 0.3 is 0 Å². The van der Waals surface area contributed by atoms with Crippen LogP contribution in [0.3, 0.4) is 0 Å². The Morgan fingerprint density at radius 1 is 1.03 bits per heavy atom. The second-order valence-electron chi connectivity index (χ2n) is 7.85. The van der Waals surface area contributed by atoms with E-state index in [-0.39, 0.29) is 11.2 Å². The summed E-state index contributed by atoms with van der Waals surface area (Å²) in [5.74, 6) is 0.671. The number of methoxy groups -OCH3 is 1. The maximum Gasteiger partial charge on any atom is 0.239 e. The minimum Gasteiger partial charge on any atom is -0.497 e. The zero-order chi connectivity index (χ0) is 24.2. The van der Waals surface area contributed by atoms with Gasteiger partial charge in [0.05, 0.1) is 34.0 Å². The van der Waals surface area contributed by atoms with E-state index in [2.05, 4.69) is 27.4 Å². The number of thioether (sulfide) groups is 1. The predicted octanol–water partition coefficient (Wildman–Crippen LogP) is 6.87. The number of rotatable bonds is 8. The largest absolute Gasteiger partial charge is 0.497 e. The lowest BCUT2D eigenvalue weighted by molar-refractivity contribution is -0.115. The number of aromatic amines is 1. The number of hydrogen-bond acceptors (Lipinski definition) is 6. The average Bonchev–Trinajstić information content (AvgIpc) is 3.51. The number of hydrogen-bond donors (Lipinski definition) is 2. The first-order chi connectivity index (χ1) is 17.1. The van der Waals surface area contributed by atoms with E-state index in [1.54, 1.807) is 7.11 Å². The number of imidazole rings is 1. The van der Waals surface area contributed by atoms with Gasteiger partial charge in [-0.05, 0) is 24.6 Å². The molecule has 3 aromatic carbocycles. The Balaban J connectivity index is 1.39. The van der Waals surface area contributed by atoms with Crippen molar-refractivity contribution in [3.8, 4) is 28.3 Å². The van der Waals surface area contributed by atoms with Crippen LogP contribution >= 0.6 is 23.1 Å². The van der Waals surface area contributed by atoms with Gasteiger partial charge in [-0.25, -0.2) is 9.97 Å². The summed E-state index contributed by atoms with van der Waals surface area (Å²) >= 11 is 2.87. The number of benzene rings is 3. The molecule has 0 saturated heterocycles. The first-order valence-electron chi connectivity index (χ1n) is 11.3. The molecule has 2 aromatic heterocycles. The van der Waals surface area contributed by atoms with Crippen molar-refractivity contribution in [1.82, 2.24) is 15.0 Å². The fraction of sp³-hybridized carbons (Fsp3) is 0.148. The average molecular weight is 501 g/mol. The molecular formula is C27H24N4O2S2. The maximum absolute atomic E-state index is 13.1. The van der Waals surface area contributed by atoms with Crippen molar-refractivity contribution in [1.29, 1.82) is 0 Å². The van der Waals surface area contributed by atoms with E-state index in [0.29, 0.717) is 16.7 Å². The number of thiazole rings is 1. The summed E-state index contributed by atoms with van der Waals surface area (Å²) in [5, 5.41) is 3.95. The van der Waals surface area contributed by atoms with Gasteiger partial charge in [-0.3, -0.25) is 4.79 Å². The van der Waals surface area contributed by atoms with E-state index >= 15 is 0 Å². The van der Waals surface area contributed by atoms with Gasteiger partial charge in [-0.2, -0.15) is 0 Å². The summed E-state index contributed by atoms with van der Waals surface area (Å²) < 4.78 is 6.25. The van der Waals surface area contributed by atoms with E-state index in [4.69, 9.17) is 9.72 Å². The Kier molecular flexibility index (Phi) is 6.83. The molecule has 0 aliphatic heterocycles. The molecule has 1 amide bonds. The standard InChI is InChI=1S/C27H24N4O2S2/c1-3-21(25(32)31-26-28-20-15-14-19(33-2)16-22(20)35-26)34-27-29-23(17-10-6-4-7-11-17)24(30-27)18-12-8-5-9-13-18/h4-16,21H,3H2,1-2H3,(H,29,30)(H,28,31,32). The number of ether oxygens (including phenoxy) is 1. The summed E-state index contributed by atoms with van der Waals surface area (Å²) in [5.41, 5.74) is 4.71. The number of amides is 1. The Labute approximate surface area is 211 Å². The van der Waals surface area contributed by atoms with Crippen LogP contribution in [0.25, 0.3) is 32.7 Å². The zero-order valence-electron chi connectivity index (χ0n) is 19.3. The molecule has 2 heterocycles. The number of anilines is 1. The molecule has 0 aliphatic rings. The highest BCUT2D eigenvalue weighted by Gasteiger charge is 2.23. The third-order valence-electron chi connectivity index (χ3n) is 5.53. The molecule has 176 valence electrons. The zero-order valence-corrected chi connectivity index (χ0v) is 21.0. The third kappa shape index (κ3) is 5.08. The van der Waals surface area contributed by atoms with Crippen molar-refractivity contribution in [2.75, 3.05) is 12.4 Å². The minimum absolute atomic E-state index is 0.0950. The summed E-state index contributed by atoms with van der Waals surface area (Å²) in [4.78, 5) is 26.0. The van der Waals surface area contributed by atoms with Crippen LogP contribution in [0.15, 0.2) is 84.0 Å². The van der Waals surface area contributed by atoms with Crippen LogP contribution in [0.1, 0.15) is 13.3 Å². The molecule has 0 bridgehead atoms. The molecule has 0 spiro atoms. The molecular weight excluding hydrogens is 476 g/mol. The quantitative estimate of drug-likeness (QED) is 0.227. The van der Waals surface area contributed by atoms with E-state index in [1.807, 2.05) is 73.7 Å².